The SMILES string of the molecule is C=C(C)C(=O)OCCNC(=O)OCCOCCC[Si](C)(C)C(C)O[Si](C)(C)C(C)O[Si](C)(C)CCCC. The Bertz CT molecular complexity index is 702. The molecule has 0 aromatic carbocycles. The predicted molar refractivity (Wildman–Crippen MR) is 159 cm³/mol. The van der Waals surface area contributed by atoms with Crippen LogP contribution in [-0.2, 0) is 27.9 Å². The van der Waals surface area contributed by atoms with Gasteiger partial charge in [-0.15, -0.1) is 0 Å². The zero-order valence-electron chi connectivity index (χ0n) is 25.3. The number of carbonyl (C=O) groups excluding carboxylic acids is 2. The second kappa shape index (κ2) is 17.6. The summed E-state index contributed by atoms with van der Waals surface area (Å²) in [4.78, 5) is 22.9. The Morgan fingerprint density at radius 3 is 2.08 bits per heavy atom. The van der Waals surface area contributed by atoms with Crippen LogP contribution in [0.3, 0.4) is 0 Å². The lowest BCUT2D eigenvalue weighted by atomic mass is 10.4. The first-order valence-electron chi connectivity index (χ1n) is 13.7. The Labute approximate surface area is 229 Å². The topological polar surface area (TPSA) is 92.3 Å². The van der Waals surface area contributed by atoms with Gasteiger partial charge in [0, 0.05) is 17.9 Å². The van der Waals surface area contributed by atoms with E-state index in [2.05, 4.69) is 71.9 Å². The second-order valence-electron chi connectivity index (χ2n) is 11.7. The lowest BCUT2D eigenvalue weighted by Crippen LogP contribution is -2.55. The van der Waals surface area contributed by atoms with Gasteiger partial charge in [0.2, 0.25) is 8.32 Å². The highest BCUT2D eigenvalue weighted by molar-refractivity contribution is 6.81. The number of carbonyl (C=O) groups is 2. The number of esters is 1. The molecule has 0 saturated heterocycles. The first kappa shape index (κ1) is 36.0. The Morgan fingerprint density at radius 1 is 0.838 bits per heavy atom. The minimum atomic E-state index is -1.99. The lowest BCUT2D eigenvalue weighted by molar-refractivity contribution is -0.138. The van der Waals surface area contributed by atoms with Crippen molar-refractivity contribution in [3.05, 3.63) is 12.2 Å². The number of hydrogen-bond acceptors (Lipinski definition) is 7. The molecule has 11 heteroatoms. The third-order valence-electron chi connectivity index (χ3n) is 6.71. The van der Waals surface area contributed by atoms with E-state index in [4.69, 9.17) is 23.1 Å². The normalized spacial score (nSPS) is 14.1. The van der Waals surface area contributed by atoms with E-state index in [-0.39, 0.29) is 31.2 Å². The first-order valence-corrected chi connectivity index (χ1v) is 23.1. The highest BCUT2D eigenvalue weighted by Gasteiger charge is 2.40. The fourth-order valence-electron chi connectivity index (χ4n) is 3.59. The van der Waals surface area contributed by atoms with Crippen molar-refractivity contribution < 1.29 is 32.7 Å². The van der Waals surface area contributed by atoms with E-state index in [9.17, 15) is 9.59 Å². The van der Waals surface area contributed by atoms with Gasteiger partial charge >= 0.3 is 12.1 Å². The largest absolute Gasteiger partial charge is 0.460 e. The molecule has 0 radical (unpaired) electrons. The zero-order valence-corrected chi connectivity index (χ0v) is 28.3. The van der Waals surface area contributed by atoms with Crippen molar-refractivity contribution in [3.8, 4) is 0 Å². The number of ether oxygens (including phenoxy) is 3. The smallest absolute Gasteiger partial charge is 0.407 e. The van der Waals surface area contributed by atoms with Crippen LogP contribution in [0.5, 0.6) is 0 Å². The van der Waals surface area contributed by atoms with Gasteiger partial charge in [0.1, 0.15) is 13.2 Å². The Hall–Kier alpha value is -0.989. The molecule has 0 spiro atoms. The van der Waals surface area contributed by atoms with Crippen molar-refractivity contribution in [3.63, 3.8) is 0 Å². The quantitative estimate of drug-likeness (QED) is 0.0815. The Morgan fingerprint density at radius 2 is 1.49 bits per heavy atom. The summed E-state index contributed by atoms with van der Waals surface area (Å²) in [6.45, 7) is 27.1. The maximum absolute atomic E-state index is 11.6. The van der Waals surface area contributed by atoms with Gasteiger partial charge in [-0.3, -0.25) is 0 Å². The summed E-state index contributed by atoms with van der Waals surface area (Å²) in [6.07, 6.45) is 2.85. The lowest BCUT2D eigenvalue weighted by Gasteiger charge is -2.41. The molecule has 8 nitrogen and oxygen atoms in total. The van der Waals surface area contributed by atoms with Crippen LogP contribution in [0.4, 0.5) is 4.79 Å². The fourth-order valence-corrected chi connectivity index (χ4v) is 12.7. The molecule has 1 amide bonds. The van der Waals surface area contributed by atoms with Gasteiger partial charge in [-0.1, -0.05) is 45.5 Å². The standard InChI is InChI=1S/C26H55NO7Si3/c1-12-13-21-36(8,9)33-24(5)37(10,11)34-23(4)35(6,7)20-14-16-30-18-19-32-26(29)27-15-17-31-25(28)22(2)3/h23-24H,2,12-21H2,1,3-11H3,(H,27,29). The second-order valence-corrected chi connectivity index (χ2v) is 25.5. The van der Waals surface area contributed by atoms with Crippen molar-refractivity contribution >= 4 is 36.8 Å². The molecule has 0 bridgehead atoms. The van der Waals surface area contributed by atoms with Crippen LogP contribution in [0.2, 0.25) is 51.4 Å². The summed E-state index contributed by atoms with van der Waals surface area (Å²) >= 11 is 0. The molecule has 0 aliphatic heterocycles. The van der Waals surface area contributed by atoms with Crippen LogP contribution in [-0.4, -0.2) is 81.2 Å². The monoisotopic (exact) mass is 577 g/mol. The van der Waals surface area contributed by atoms with Crippen molar-refractivity contribution in [1.82, 2.24) is 5.32 Å². The molecule has 0 fully saturated rings. The maximum atomic E-state index is 11.6. The van der Waals surface area contributed by atoms with Crippen molar-refractivity contribution in [2.24, 2.45) is 0 Å². The van der Waals surface area contributed by atoms with E-state index in [1.807, 2.05) is 0 Å². The van der Waals surface area contributed by atoms with Crippen molar-refractivity contribution in [2.75, 3.05) is 33.0 Å². The fraction of sp³-hybridized carbons (Fsp3) is 0.846. The molecule has 2 atom stereocenters. The summed E-state index contributed by atoms with van der Waals surface area (Å²) in [5.41, 5.74) is 0.758. The molecule has 0 aliphatic carbocycles. The highest BCUT2D eigenvalue weighted by Crippen LogP contribution is 2.27. The summed E-state index contributed by atoms with van der Waals surface area (Å²) in [5.74, 6) is -0.478. The predicted octanol–water partition coefficient (Wildman–Crippen LogP) is 6.05. The molecule has 0 aromatic rings. The molecule has 0 aliphatic rings. The highest BCUT2D eigenvalue weighted by atomic mass is 28.4. The number of hydrogen-bond donors (Lipinski definition) is 1. The van der Waals surface area contributed by atoms with E-state index in [0.717, 1.165) is 12.5 Å². The van der Waals surface area contributed by atoms with Gasteiger partial charge in [0.15, 0.2) is 8.32 Å². The number of amides is 1. The third-order valence-corrected chi connectivity index (χ3v) is 16.7. The van der Waals surface area contributed by atoms with Gasteiger partial charge in [0.05, 0.1) is 27.0 Å². The van der Waals surface area contributed by atoms with Gasteiger partial charge in [-0.05, 0) is 59.4 Å². The summed E-state index contributed by atoms with van der Waals surface area (Å²) < 4.78 is 29.0. The van der Waals surface area contributed by atoms with Crippen LogP contribution in [0, 0.1) is 0 Å². The number of alkyl carbamates (subject to hydrolysis) is 1. The van der Waals surface area contributed by atoms with E-state index >= 15 is 0 Å². The molecular formula is C26H55NO7Si3. The number of unbranched alkanes of at least 4 members (excludes halogenated alkanes) is 1. The Kier molecular flexibility index (Phi) is 17.1. The number of rotatable bonds is 20. The summed E-state index contributed by atoms with van der Waals surface area (Å²) in [5, 5.41) is 2.52. The average molecular weight is 578 g/mol. The van der Waals surface area contributed by atoms with Crippen LogP contribution in [0.1, 0.15) is 47.0 Å². The van der Waals surface area contributed by atoms with Gasteiger partial charge < -0.3 is 28.4 Å². The number of nitrogens with one attached hydrogen (secondary N) is 1. The molecule has 0 saturated carbocycles. The average Bonchev–Trinajstić information content (AvgIpc) is 2.78. The molecule has 0 aromatic heterocycles. The van der Waals surface area contributed by atoms with Crippen LogP contribution in [0.25, 0.3) is 0 Å². The molecule has 218 valence electrons. The molecule has 0 heterocycles. The Balaban J connectivity index is 4.20. The first-order chi connectivity index (χ1) is 17.0. The van der Waals surface area contributed by atoms with E-state index < -0.39 is 36.8 Å². The van der Waals surface area contributed by atoms with Crippen molar-refractivity contribution in [2.45, 2.75) is 110 Å². The third kappa shape index (κ3) is 16.6. The minimum absolute atomic E-state index is 0.0728. The summed E-state index contributed by atoms with van der Waals surface area (Å²) in [6, 6.07) is 2.31. The van der Waals surface area contributed by atoms with E-state index in [1.165, 1.54) is 18.9 Å². The molecule has 1 N–H and O–H groups in total. The van der Waals surface area contributed by atoms with Crippen LogP contribution >= 0.6 is 0 Å². The molecular weight excluding hydrogens is 523 g/mol. The van der Waals surface area contributed by atoms with E-state index in [1.54, 1.807) is 6.92 Å². The van der Waals surface area contributed by atoms with Gasteiger partial charge in [-0.2, -0.15) is 0 Å². The van der Waals surface area contributed by atoms with E-state index in [0.29, 0.717) is 18.8 Å². The maximum Gasteiger partial charge on any atom is 0.407 e. The van der Waals surface area contributed by atoms with Crippen molar-refractivity contribution in [1.29, 1.82) is 0 Å². The summed E-state index contributed by atoms with van der Waals surface area (Å²) in [7, 11) is -5.27. The molecule has 0 rings (SSSR count). The molecule has 37 heavy (non-hydrogen) atoms. The van der Waals surface area contributed by atoms with Gasteiger partial charge in [0.25, 0.3) is 0 Å². The van der Waals surface area contributed by atoms with Gasteiger partial charge in [-0.25, -0.2) is 9.59 Å². The van der Waals surface area contributed by atoms with Crippen LogP contribution < -0.4 is 5.32 Å². The van der Waals surface area contributed by atoms with Crippen LogP contribution in [0.15, 0.2) is 12.2 Å². The zero-order chi connectivity index (χ0) is 28.7. The molecule has 2 unspecified atom stereocenters. The minimum Gasteiger partial charge on any atom is -0.460 e.